The minimum atomic E-state index is -4.07. The Hall–Kier alpha value is -1.41. The van der Waals surface area contributed by atoms with E-state index in [1.807, 2.05) is 0 Å². The minimum Gasteiger partial charge on any atom is -0.278 e. The van der Waals surface area contributed by atoms with E-state index in [0.29, 0.717) is 0 Å². The van der Waals surface area contributed by atoms with Gasteiger partial charge in [-0.2, -0.15) is 0 Å². The molecule has 0 aliphatic heterocycles. The summed E-state index contributed by atoms with van der Waals surface area (Å²) in [6.45, 7) is 0. The smallest absolute Gasteiger partial charge is 0.278 e. The lowest BCUT2D eigenvalue weighted by atomic mass is 10.4. The summed E-state index contributed by atoms with van der Waals surface area (Å²) in [5, 5.41) is 9.13. The first-order valence-corrected chi connectivity index (χ1v) is 7.65. The van der Waals surface area contributed by atoms with Crippen molar-refractivity contribution < 1.29 is 13.3 Å². The molecule has 0 aromatic heterocycles. The van der Waals surface area contributed by atoms with Crippen LogP contribution in [0, 0.1) is 10.1 Å². The Bertz CT molecular complexity index is 555. The standard InChI is InChI=1S/C10H12N2O4S2/c1-11-9(17-2)10(12(13)14)18(15,16)8-6-4-3-5-7-8/h3-7,10H,1-2H3. The molecule has 8 heteroatoms. The second-order valence-corrected chi connectivity index (χ2v) is 6.10. The van der Waals surface area contributed by atoms with E-state index in [4.69, 9.17) is 0 Å². The second-order valence-electron chi connectivity index (χ2n) is 3.26. The lowest BCUT2D eigenvalue weighted by molar-refractivity contribution is -0.478. The maximum absolute atomic E-state index is 12.2. The van der Waals surface area contributed by atoms with Gasteiger partial charge in [0.15, 0.2) is 5.04 Å². The summed E-state index contributed by atoms with van der Waals surface area (Å²) < 4.78 is 24.4. The van der Waals surface area contributed by atoms with Crippen molar-refractivity contribution in [3.63, 3.8) is 0 Å². The molecule has 0 amide bonds. The van der Waals surface area contributed by atoms with Crippen LogP contribution in [-0.2, 0) is 9.84 Å². The molecular weight excluding hydrogens is 276 g/mol. The van der Waals surface area contributed by atoms with Crippen LogP contribution in [0.3, 0.4) is 0 Å². The maximum atomic E-state index is 12.2. The third-order valence-electron chi connectivity index (χ3n) is 2.20. The molecule has 6 nitrogen and oxygen atoms in total. The third kappa shape index (κ3) is 2.88. The van der Waals surface area contributed by atoms with Gasteiger partial charge < -0.3 is 0 Å². The molecular formula is C10H12N2O4S2. The number of nitrogens with zero attached hydrogens (tertiary/aromatic N) is 2. The zero-order chi connectivity index (χ0) is 13.8. The SMILES string of the molecule is CN=C(SC)C([N+](=O)[O-])S(=O)(=O)c1ccccc1. The summed E-state index contributed by atoms with van der Waals surface area (Å²) in [6, 6.07) is 7.35. The molecule has 0 fully saturated rings. The Labute approximate surface area is 109 Å². The van der Waals surface area contributed by atoms with Crippen LogP contribution in [0.4, 0.5) is 0 Å². The molecule has 0 aliphatic carbocycles. The van der Waals surface area contributed by atoms with E-state index >= 15 is 0 Å². The van der Waals surface area contributed by atoms with E-state index in [1.54, 1.807) is 12.3 Å². The van der Waals surface area contributed by atoms with Crippen LogP contribution < -0.4 is 0 Å². The van der Waals surface area contributed by atoms with Crippen LogP contribution in [0.25, 0.3) is 0 Å². The lowest BCUT2D eigenvalue weighted by Crippen LogP contribution is -2.36. The molecule has 0 saturated heterocycles. The zero-order valence-corrected chi connectivity index (χ0v) is 11.4. The predicted molar refractivity (Wildman–Crippen MR) is 71.3 cm³/mol. The van der Waals surface area contributed by atoms with Crippen molar-refractivity contribution in [2.75, 3.05) is 13.3 Å². The fourth-order valence-electron chi connectivity index (χ4n) is 1.38. The normalized spacial score (nSPS) is 14.2. The molecule has 0 heterocycles. The molecule has 0 N–H and O–H groups in total. The Morgan fingerprint density at radius 2 is 1.94 bits per heavy atom. The number of sulfone groups is 1. The molecule has 18 heavy (non-hydrogen) atoms. The van der Waals surface area contributed by atoms with Gasteiger partial charge >= 0.3 is 5.37 Å². The van der Waals surface area contributed by atoms with Crippen molar-refractivity contribution in [1.82, 2.24) is 0 Å². The first-order valence-electron chi connectivity index (χ1n) is 4.88. The highest BCUT2D eigenvalue weighted by Crippen LogP contribution is 2.21. The van der Waals surface area contributed by atoms with Crippen LogP contribution in [-0.4, -0.2) is 37.1 Å². The fourth-order valence-corrected chi connectivity index (χ4v) is 3.91. The molecule has 1 unspecified atom stereocenters. The van der Waals surface area contributed by atoms with Gasteiger partial charge in [-0.05, 0) is 18.4 Å². The second kappa shape index (κ2) is 5.96. The van der Waals surface area contributed by atoms with Crippen LogP contribution in [0.1, 0.15) is 0 Å². The van der Waals surface area contributed by atoms with Gasteiger partial charge in [-0.1, -0.05) is 18.2 Å². The van der Waals surface area contributed by atoms with Crippen molar-refractivity contribution in [3.05, 3.63) is 40.4 Å². The molecule has 1 aromatic carbocycles. The first-order chi connectivity index (χ1) is 8.45. The number of thioether (sulfide) groups is 1. The molecule has 0 saturated carbocycles. The van der Waals surface area contributed by atoms with Gasteiger partial charge in [0, 0.05) is 12.0 Å². The number of hydrogen-bond acceptors (Lipinski definition) is 6. The number of aliphatic imine (C=N–C) groups is 1. The highest BCUT2D eigenvalue weighted by Gasteiger charge is 2.41. The number of nitro groups is 1. The quantitative estimate of drug-likeness (QED) is 0.362. The van der Waals surface area contributed by atoms with Gasteiger partial charge in [0.25, 0.3) is 9.84 Å². The number of benzene rings is 1. The summed E-state index contributed by atoms with van der Waals surface area (Å²) in [6.07, 6.45) is 1.55. The monoisotopic (exact) mass is 288 g/mol. The van der Waals surface area contributed by atoms with Crippen molar-refractivity contribution in [2.45, 2.75) is 10.3 Å². The summed E-state index contributed by atoms with van der Waals surface area (Å²) >= 11 is 0.957. The van der Waals surface area contributed by atoms with Gasteiger partial charge in [0.1, 0.15) is 0 Å². The van der Waals surface area contributed by atoms with Gasteiger partial charge in [-0.15, -0.1) is 11.8 Å². The topological polar surface area (TPSA) is 89.6 Å². The third-order valence-corrected chi connectivity index (χ3v) is 5.08. The van der Waals surface area contributed by atoms with E-state index in [1.165, 1.54) is 31.3 Å². The average molecular weight is 288 g/mol. The fraction of sp³-hybridized carbons (Fsp3) is 0.300. The molecule has 0 spiro atoms. The average Bonchev–Trinajstić information content (AvgIpc) is 2.36. The summed E-state index contributed by atoms with van der Waals surface area (Å²) in [5.41, 5.74) is 0. The molecule has 1 atom stereocenters. The Morgan fingerprint density at radius 3 is 2.33 bits per heavy atom. The minimum absolute atomic E-state index is 0.0381. The molecule has 0 radical (unpaired) electrons. The zero-order valence-electron chi connectivity index (χ0n) is 9.81. The van der Waals surface area contributed by atoms with Crippen molar-refractivity contribution in [1.29, 1.82) is 0 Å². The number of rotatable bonds is 4. The van der Waals surface area contributed by atoms with Crippen molar-refractivity contribution >= 4 is 26.6 Å². The first kappa shape index (κ1) is 14.7. The van der Waals surface area contributed by atoms with Crippen LogP contribution in [0.2, 0.25) is 0 Å². The summed E-state index contributed by atoms with van der Waals surface area (Å²) in [5.74, 6) is 0. The predicted octanol–water partition coefficient (Wildman–Crippen LogP) is 1.45. The van der Waals surface area contributed by atoms with Gasteiger partial charge in [-0.3, -0.25) is 15.1 Å². The maximum Gasteiger partial charge on any atom is 0.361 e. The van der Waals surface area contributed by atoms with Gasteiger partial charge in [0.2, 0.25) is 0 Å². The summed E-state index contributed by atoms with van der Waals surface area (Å²) in [7, 11) is -2.74. The van der Waals surface area contributed by atoms with E-state index in [2.05, 4.69) is 4.99 Å². The highest BCUT2D eigenvalue weighted by molar-refractivity contribution is 8.15. The largest absolute Gasteiger partial charge is 0.361 e. The molecule has 98 valence electrons. The van der Waals surface area contributed by atoms with Crippen LogP contribution in [0.15, 0.2) is 40.2 Å². The van der Waals surface area contributed by atoms with E-state index in [-0.39, 0.29) is 9.94 Å². The molecule has 1 rings (SSSR count). The van der Waals surface area contributed by atoms with Crippen LogP contribution in [0.5, 0.6) is 0 Å². The van der Waals surface area contributed by atoms with Crippen LogP contribution >= 0.6 is 11.8 Å². The van der Waals surface area contributed by atoms with Crippen molar-refractivity contribution in [3.8, 4) is 0 Å². The summed E-state index contributed by atoms with van der Waals surface area (Å²) in [4.78, 5) is 13.8. The Kier molecular flexibility index (Phi) is 4.85. The van der Waals surface area contributed by atoms with E-state index < -0.39 is 20.1 Å². The lowest BCUT2D eigenvalue weighted by Gasteiger charge is -2.11. The molecule has 1 aromatic rings. The highest BCUT2D eigenvalue weighted by atomic mass is 32.2. The van der Waals surface area contributed by atoms with E-state index in [9.17, 15) is 18.5 Å². The van der Waals surface area contributed by atoms with E-state index in [0.717, 1.165) is 11.8 Å². The Morgan fingerprint density at radius 1 is 1.39 bits per heavy atom. The molecule has 0 bridgehead atoms. The van der Waals surface area contributed by atoms with Gasteiger partial charge in [-0.25, -0.2) is 8.42 Å². The Balaban J connectivity index is 3.35. The number of hydrogen-bond donors (Lipinski definition) is 0. The molecule has 0 aliphatic rings. The van der Waals surface area contributed by atoms with Gasteiger partial charge in [0.05, 0.1) is 4.90 Å². The van der Waals surface area contributed by atoms with Crippen molar-refractivity contribution in [2.24, 2.45) is 4.99 Å².